The molecule has 0 heterocycles. The molecule has 5 rings (SSSR count). The molecule has 0 atom stereocenters. The fraction of sp³-hybridized carbons (Fsp3) is 0.103. The standard InChI is InChI=1S/C29H25N5O16S5.4Na/c1-30-22-11-10-19-21(26(22)33-31-16-5-7-17(8-6-16)54(39,40)14-13-44-53-50-47-38)15-25(52-49-46-37)27(28(19)35)34-32-23-12-9-18-20(29(23)55(41,42)43)3-2-4-24(18)51-48-45-36;;;;/h2-12,15,30,35-38H,13-14H2,1H3,(H,41,42,43);;;;/q;4*+1/p-4. The van der Waals surface area contributed by atoms with Crippen LogP contribution >= 0.6 is 36.4 Å². The predicted molar refractivity (Wildman–Crippen MR) is 186 cm³/mol. The molecule has 0 radical (unpaired) electrons. The van der Waals surface area contributed by atoms with Crippen molar-refractivity contribution in [3.05, 3.63) is 72.8 Å². The van der Waals surface area contributed by atoms with Crippen LogP contribution in [0.5, 0.6) is 5.75 Å². The van der Waals surface area contributed by atoms with Gasteiger partial charge >= 0.3 is 118 Å². The quantitative estimate of drug-likeness (QED) is 0.0148. The van der Waals surface area contributed by atoms with Crippen LogP contribution in [-0.2, 0) is 52.3 Å². The van der Waals surface area contributed by atoms with Gasteiger partial charge in [0.1, 0.15) is 27.2 Å². The average Bonchev–Trinajstić information content (AvgIpc) is 3.17. The summed E-state index contributed by atoms with van der Waals surface area (Å²) in [5.74, 6) is -0.975. The summed E-state index contributed by atoms with van der Waals surface area (Å²) in [6, 6.07) is 16.6. The van der Waals surface area contributed by atoms with Crippen LogP contribution in [0.4, 0.5) is 28.4 Å². The van der Waals surface area contributed by atoms with Crippen molar-refractivity contribution in [1.82, 2.24) is 0 Å². The summed E-state index contributed by atoms with van der Waals surface area (Å²) in [6.07, 6.45) is 0. The van der Waals surface area contributed by atoms with Gasteiger partial charge in [-0.15, -0.1) is 19.7 Å². The van der Waals surface area contributed by atoms with Gasteiger partial charge in [0.25, 0.3) is 0 Å². The topological polar surface area (TPSA) is 307 Å². The maximum Gasteiger partial charge on any atom is 1.00 e. The summed E-state index contributed by atoms with van der Waals surface area (Å²) >= 11 is 0.973. The maximum absolute atomic E-state index is 12.6. The molecule has 5 aromatic rings. The van der Waals surface area contributed by atoms with Crippen molar-refractivity contribution in [2.24, 2.45) is 20.5 Å². The van der Waals surface area contributed by atoms with E-state index in [1.165, 1.54) is 66.7 Å². The van der Waals surface area contributed by atoms with Crippen LogP contribution in [0.2, 0.25) is 0 Å². The molecule has 59 heavy (non-hydrogen) atoms. The monoisotopic (exact) mass is 947 g/mol. The van der Waals surface area contributed by atoms with Crippen LogP contribution in [0.1, 0.15) is 0 Å². The van der Waals surface area contributed by atoms with Crippen LogP contribution in [0.15, 0.2) is 113 Å². The van der Waals surface area contributed by atoms with Crippen molar-refractivity contribution in [3.8, 4) is 5.75 Å². The Morgan fingerprint density at radius 1 is 0.695 bits per heavy atom. The number of hydrogen-bond acceptors (Lipinski definition) is 24. The second-order valence-corrected chi connectivity index (χ2v) is 15.7. The van der Waals surface area contributed by atoms with Crippen molar-refractivity contribution in [2.75, 3.05) is 24.7 Å². The Balaban J connectivity index is 0.00000435. The number of fused-ring (bicyclic) bond motifs is 2. The van der Waals surface area contributed by atoms with E-state index in [1.54, 1.807) is 13.1 Å². The zero-order valence-electron chi connectivity index (χ0n) is 31.2. The fourth-order valence-electron chi connectivity index (χ4n) is 4.94. The molecule has 0 aliphatic heterocycles. The molecule has 0 saturated heterocycles. The van der Waals surface area contributed by atoms with Gasteiger partial charge < -0.3 is 30.7 Å². The van der Waals surface area contributed by atoms with Gasteiger partial charge in [-0.05, 0) is 60.0 Å². The SMILES string of the molecule is CNc1ccc2c(O)c(N=Nc3ccc4c(SOO[O-])cccc4c3S(=O)(=O)[O-])c(SOO[O-])cc2c1N=Nc1ccc(S(=O)(=O)CCOSOO[O-])cc1.[Na+].[Na+].[Na+].[Na+]. The zero-order valence-corrected chi connectivity index (χ0v) is 43.3. The van der Waals surface area contributed by atoms with Crippen LogP contribution < -0.4 is 139 Å². The number of nitrogens with zero attached hydrogens (tertiary/aromatic N) is 4. The number of phenols is 1. The average molecular weight is 948 g/mol. The minimum atomic E-state index is -5.21. The number of benzene rings is 5. The minimum Gasteiger partial charge on any atom is -0.744 e. The van der Waals surface area contributed by atoms with Crippen LogP contribution in [0, 0.1) is 0 Å². The third-order valence-corrected chi connectivity index (χ3v) is 11.5. The van der Waals surface area contributed by atoms with Crippen LogP contribution in [0.3, 0.4) is 0 Å². The number of nitrogens with one attached hydrogen (secondary N) is 1. The van der Waals surface area contributed by atoms with E-state index in [0.717, 1.165) is 0 Å². The summed E-state index contributed by atoms with van der Waals surface area (Å²) in [7, 11) is -7.41. The Morgan fingerprint density at radius 2 is 1.32 bits per heavy atom. The van der Waals surface area contributed by atoms with Crippen molar-refractivity contribution in [2.45, 2.75) is 19.6 Å². The number of azo groups is 2. The maximum atomic E-state index is 12.6. The first-order chi connectivity index (χ1) is 26.4. The number of rotatable bonds is 19. The number of phenolic OH excluding ortho intramolecular Hbond substituents is 1. The minimum absolute atomic E-state index is 0. The largest absolute Gasteiger partial charge is 1.00 e. The van der Waals surface area contributed by atoms with Crippen molar-refractivity contribution < 1.29 is 193 Å². The summed E-state index contributed by atoms with van der Waals surface area (Å²) in [5, 5.41) is 72.3. The molecule has 292 valence electrons. The van der Waals surface area contributed by atoms with Crippen LogP contribution in [0.25, 0.3) is 21.5 Å². The summed E-state index contributed by atoms with van der Waals surface area (Å²) < 4.78 is 80.2. The third-order valence-electron chi connectivity index (χ3n) is 7.24. The fourth-order valence-corrected chi connectivity index (χ4v) is 8.14. The van der Waals surface area contributed by atoms with E-state index in [0.29, 0.717) is 29.8 Å². The Labute approximate surface area is 436 Å². The Hall–Kier alpha value is -0.0700. The van der Waals surface area contributed by atoms with Crippen LogP contribution in [-0.4, -0.2) is 45.9 Å². The first kappa shape index (κ1) is 56.9. The van der Waals surface area contributed by atoms with E-state index in [1.807, 2.05) is 0 Å². The van der Waals surface area contributed by atoms with E-state index >= 15 is 0 Å². The Bertz CT molecular complexity index is 2460. The van der Waals surface area contributed by atoms with Gasteiger partial charge in [0.2, 0.25) is 0 Å². The van der Waals surface area contributed by atoms with E-state index < -0.39 is 42.0 Å². The number of anilines is 1. The van der Waals surface area contributed by atoms with Crippen molar-refractivity contribution >= 4 is 106 Å². The molecule has 21 nitrogen and oxygen atoms in total. The third kappa shape index (κ3) is 15.0. The van der Waals surface area contributed by atoms with E-state index in [2.05, 4.69) is 53.9 Å². The molecule has 0 spiro atoms. The summed E-state index contributed by atoms with van der Waals surface area (Å²) in [6.45, 7) is -0.307. The molecule has 0 fully saturated rings. The molecule has 2 N–H and O–H groups in total. The Kier molecular flexibility index (Phi) is 26.4. The summed E-state index contributed by atoms with van der Waals surface area (Å²) in [4.78, 5) is -0.673. The molecule has 5 aromatic carbocycles. The molecule has 0 aromatic heterocycles. The number of hydrogen-bond donors (Lipinski definition) is 2. The molecule has 0 aliphatic rings. The van der Waals surface area contributed by atoms with E-state index in [-0.39, 0.29) is 190 Å². The number of sulfone groups is 1. The van der Waals surface area contributed by atoms with Gasteiger partial charge in [0, 0.05) is 28.1 Å². The smallest absolute Gasteiger partial charge is 0.744 e. The van der Waals surface area contributed by atoms with Crippen molar-refractivity contribution in [3.63, 3.8) is 0 Å². The van der Waals surface area contributed by atoms with Gasteiger partial charge in [-0.1, -0.05) is 18.2 Å². The zero-order chi connectivity index (χ0) is 39.6. The molecular formula is C29H21N5Na4O16S5. The molecule has 0 saturated carbocycles. The Morgan fingerprint density at radius 3 is 1.95 bits per heavy atom. The van der Waals surface area contributed by atoms with Gasteiger partial charge in [-0.25, -0.2) is 16.8 Å². The first-order valence-corrected chi connectivity index (χ1v) is 19.8. The second kappa shape index (κ2) is 27.3. The molecule has 30 heteroatoms. The van der Waals surface area contributed by atoms with E-state index in [9.17, 15) is 42.3 Å². The second-order valence-electron chi connectivity index (χ2n) is 10.3. The number of aromatic hydroxyl groups is 1. The molecule has 0 amide bonds. The van der Waals surface area contributed by atoms with Gasteiger partial charge in [-0.2, -0.15) is 13.8 Å². The molecular weight excluding hydrogens is 927 g/mol. The molecule has 0 bridgehead atoms. The van der Waals surface area contributed by atoms with Gasteiger partial charge in [0.05, 0.1) is 62.5 Å². The van der Waals surface area contributed by atoms with Gasteiger partial charge in [0.15, 0.2) is 27.9 Å². The van der Waals surface area contributed by atoms with Crippen molar-refractivity contribution in [1.29, 1.82) is 0 Å². The first-order valence-electron chi connectivity index (χ1n) is 14.6. The molecule has 0 aliphatic carbocycles. The summed E-state index contributed by atoms with van der Waals surface area (Å²) in [5.41, 5.74) is 0.0509. The van der Waals surface area contributed by atoms with Gasteiger partial charge in [-0.3, -0.25) is 19.3 Å². The molecule has 0 unspecified atom stereocenters. The predicted octanol–water partition coefficient (Wildman–Crippen LogP) is -7.47. The normalized spacial score (nSPS) is 11.6. The van der Waals surface area contributed by atoms with E-state index in [4.69, 9.17) is 4.18 Å².